The van der Waals surface area contributed by atoms with Gasteiger partial charge >= 0.3 is 11.4 Å². The van der Waals surface area contributed by atoms with E-state index in [-0.39, 0.29) is 34.0 Å². The standard InChI is InChI=1S/C31H19Cl2F5N4O6/c1-48-14-7-8-16(18(43)11-14)19-15-9-10-39-28(46)40(13-5-3-2-4-6-13)29(47)42(39)17(15)12-30(32)26(44)41(27(45)31(19,30)33)25-23(37)21(35)20(34)22(36)24(25)38/h2-9,11,17,19,43H,10,12H2,1H3. The number of methoxy groups -OCH3 is 1. The highest BCUT2D eigenvalue weighted by molar-refractivity contribution is 6.58. The van der Waals surface area contributed by atoms with Gasteiger partial charge in [0, 0.05) is 24.0 Å². The fourth-order valence-corrected chi connectivity index (χ4v) is 7.77. The number of aromatic nitrogens is 3. The third-order valence-electron chi connectivity index (χ3n) is 9.05. The molecule has 17 heteroatoms. The lowest BCUT2D eigenvalue weighted by Crippen LogP contribution is -2.59. The van der Waals surface area contributed by atoms with Gasteiger partial charge in [0.05, 0.1) is 25.4 Å². The minimum Gasteiger partial charge on any atom is -0.508 e. The van der Waals surface area contributed by atoms with E-state index in [1.165, 1.54) is 37.5 Å². The minimum atomic E-state index is -2.80. The number of hydrogen-bond donors (Lipinski definition) is 1. The predicted octanol–water partition coefficient (Wildman–Crippen LogP) is 4.41. The van der Waals surface area contributed by atoms with Gasteiger partial charge in [-0.05, 0) is 23.8 Å². The molecule has 48 heavy (non-hydrogen) atoms. The van der Waals surface area contributed by atoms with Crippen molar-refractivity contribution in [3.63, 3.8) is 0 Å². The van der Waals surface area contributed by atoms with Crippen molar-refractivity contribution in [1.82, 2.24) is 13.9 Å². The number of phenolic OH excluding ortho intramolecular Hbond substituents is 1. The van der Waals surface area contributed by atoms with Crippen LogP contribution >= 0.6 is 23.2 Å². The van der Waals surface area contributed by atoms with E-state index in [0.29, 0.717) is 0 Å². The van der Waals surface area contributed by atoms with Crippen LogP contribution in [0.1, 0.15) is 23.9 Å². The number of carbonyl (C=O) groups is 2. The van der Waals surface area contributed by atoms with E-state index in [0.717, 1.165) is 20.0 Å². The van der Waals surface area contributed by atoms with Crippen molar-refractivity contribution in [3.05, 3.63) is 116 Å². The molecule has 1 saturated carbocycles. The zero-order valence-electron chi connectivity index (χ0n) is 24.2. The molecule has 0 spiro atoms. The van der Waals surface area contributed by atoms with Crippen molar-refractivity contribution in [1.29, 1.82) is 0 Å². The first kappa shape index (κ1) is 31.7. The molecule has 1 aliphatic carbocycles. The Morgan fingerprint density at radius 1 is 0.854 bits per heavy atom. The summed E-state index contributed by atoms with van der Waals surface area (Å²) in [5, 5.41) is 11.1. The number of aromatic hydroxyl groups is 1. The second kappa shape index (κ2) is 10.6. The highest BCUT2D eigenvalue weighted by Crippen LogP contribution is 2.65. The van der Waals surface area contributed by atoms with Gasteiger partial charge < -0.3 is 9.84 Å². The van der Waals surface area contributed by atoms with E-state index in [4.69, 9.17) is 27.9 Å². The van der Waals surface area contributed by atoms with Crippen LogP contribution in [0.3, 0.4) is 0 Å². The number of para-hydroxylation sites is 1. The van der Waals surface area contributed by atoms with Crippen molar-refractivity contribution < 1.29 is 41.4 Å². The SMILES string of the molecule is COc1ccc(C2C3=CCn4c(=O)n(-c5ccccc5)c(=O)n4C3CC3(Cl)C(=O)N(c4c(F)c(F)c(F)c(F)c4F)C(=O)C23Cl)c(O)c1. The summed E-state index contributed by atoms with van der Waals surface area (Å²) in [5.74, 6) is -17.8. The topological polar surface area (TPSA) is 116 Å². The van der Waals surface area contributed by atoms with E-state index in [2.05, 4.69) is 0 Å². The molecule has 1 N–H and O–H groups in total. The van der Waals surface area contributed by atoms with Crippen LogP contribution in [-0.2, 0) is 16.1 Å². The highest BCUT2D eigenvalue weighted by Gasteiger charge is 2.76. The van der Waals surface area contributed by atoms with Gasteiger partial charge in [-0.3, -0.25) is 9.59 Å². The van der Waals surface area contributed by atoms with Crippen molar-refractivity contribution in [3.8, 4) is 17.2 Å². The van der Waals surface area contributed by atoms with Gasteiger partial charge in [0.15, 0.2) is 33.0 Å². The Labute approximate surface area is 275 Å². The van der Waals surface area contributed by atoms with Gasteiger partial charge in [0.1, 0.15) is 17.2 Å². The number of amides is 2. The van der Waals surface area contributed by atoms with Crippen LogP contribution in [0.4, 0.5) is 27.6 Å². The molecule has 3 aromatic carbocycles. The molecule has 3 heterocycles. The van der Waals surface area contributed by atoms with Crippen molar-refractivity contribution >= 4 is 40.7 Å². The Morgan fingerprint density at radius 2 is 1.48 bits per heavy atom. The quantitative estimate of drug-likeness (QED) is 0.0839. The summed E-state index contributed by atoms with van der Waals surface area (Å²) in [5.41, 5.74) is -3.47. The first-order chi connectivity index (χ1) is 22.7. The molecule has 1 saturated heterocycles. The Morgan fingerprint density at radius 3 is 2.08 bits per heavy atom. The number of hydrogen-bond acceptors (Lipinski definition) is 6. The summed E-state index contributed by atoms with van der Waals surface area (Å²) in [4.78, 5) is 50.1. The average Bonchev–Trinajstić information content (AvgIpc) is 3.41. The molecule has 7 rings (SSSR count). The fraction of sp³-hybridized carbons (Fsp3) is 0.226. The third-order valence-corrected chi connectivity index (χ3v) is 10.5. The van der Waals surface area contributed by atoms with Gasteiger partial charge in [-0.1, -0.05) is 30.3 Å². The number of anilines is 1. The fourth-order valence-electron chi connectivity index (χ4n) is 6.87. The van der Waals surface area contributed by atoms with Crippen LogP contribution in [0.25, 0.3) is 5.69 Å². The number of imide groups is 1. The van der Waals surface area contributed by atoms with E-state index in [1.54, 1.807) is 18.2 Å². The van der Waals surface area contributed by atoms with E-state index >= 15 is 8.78 Å². The average molecular weight is 709 g/mol. The van der Waals surface area contributed by atoms with Gasteiger partial charge in [-0.25, -0.2) is 50.4 Å². The van der Waals surface area contributed by atoms with E-state index in [1.807, 2.05) is 0 Å². The van der Waals surface area contributed by atoms with Crippen LogP contribution in [0.5, 0.6) is 11.5 Å². The molecule has 4 unspecified atom stereocenters. The number of allylic oxidation sites excluding steroid dienone is 2. The predicted molar refractivity (Wildman–Crippen MR) is 159 cm³/mol. The number of nitrogens with zero attached hydrogens (tertiary/aromatic N) is 4. The number of carbonyl (C=O) groups excluding carboxylic acids is 2. The second-order valence-electron chi connectivity index (χ2n) is 11.3. The number of halogens is 7. The minimum absolute atomic E-state index is 0.0921. The molecule has 0 radical (unpaired) electrons. The van der Waals surface area contributed by atoms with Gasteiger partial charge in [0.2, 0.25) is 5.82 Å². The molecule has 2 aliphatic heterocycles. The van der Waals surface area contributed by atoms with Crippen LogP contribution in [0.15, 0.2) is 69.8 Å². The summed E-state index contributed by atoms with van der Waals surface area (Å²) in [6, 6.07) is 10.2. The molecule has 0 bridgehead atoms. The highest BCUT2D eigenvalue weighted by atomic mass is 35.5. The molecule has 10 nitrogen and oxygen atoms in total. The number of fused-ring (bicyclic) bond motifs is 4. The Balaban J connectivity index is 1.51. The number of rotatable bonds is 4. The molecule has 4 aromatic rings. The van der Waals surface area contributed by atoms with Crippen molar-refractivity contribution in [2.24, 2.45) is 0 Å². The summed E-state index contributed by atoms with van der Waals surface area (Å²) >= 11 is 14.1. The van der Waals surface area contributed by atoms with Crippen LogP contribution < -0.4 is 21.0 Å². The number of alkyl halides is 2. The third kappa shape index (κ3) is 3.85. The maximum atomic E-state index is 15.1. The lowest BCUT2D eigenvalue weighted by Gasteiger charge is -2.49. The first-order valence-corrected chi connectivity index (χ1v) is 14.8. The summed E-state index contributed by atoms with van der Waals surface area (Å²) in [6.45, 7) is -0.279. The van der Waals surface area contributed by atoms with Crippen LogP contribution in [0, 0.1) is 29.1 Å². The molecular formula is C31H19Cl2F5N4O6. The van der Waals surface area contributed by atoms with Gasteiger partial charge in [-0.2, -0.15) is 0 Å². The molecule has 4 atom stereocenters. The second-order valence-corrected chi connectivity index (χ2v) is 12.6. The normalized spacial score (nSPS) is 24.7. The zero-order valence-corrected chi connectivity index (χ0v) is 25.7. The van der Waals surface area contributed by atoms with Crippen LogP contribution in [0.2, 0.25) is 0 Å². The molecule has 2 fully saturated rings. The lowest BCUT2D eigenvalue weighted by atomic mass is 9.64. The lowest BCUT2D eigenvalue weighted by molar-refractivity contribution is -0.122. The molecule has 248 valence electrons. The van der Waals surface area contributed by atoms with Crippen molar-refractivity contribution in [2.75, 3.05) is 12.0 Å². The molecule has 3 aliphatic rings. The smallest absolute Gasteiger partial charge is 0.352 e. The van der Waals surface area contributed by atoms with Crippen LogP contribution in [-0.4, -0.2) is 47.7 Å². The number of phenols is 1. The summed E-state index contributed by atoms with van der Waals surface area (Å²) in [7, 11) is 1.30. The maximum absolute atomic E-state index is 15.1. The largest absolute Gasteiger partial charge is 0.508 e. The molecular weight excluding hydrogens is 690 g/mol. The number of ether oxygens (including phenoxy) is 1. The van der Waals surface area contributed by atoms with E-state index < -0.39 is 91.8 Å². The van der Waals surface area contributed by atoms with Crippen molar-refractivity contribution in [2.45, 2.75) is 34.7 Å². The first-order valence-electron chi connectivity index (χ1n) is 14.1. The summed E-state index contributed by atoms with van der Waals surface area (Å²) < 4.78 is 81.0. The Kier molecular flexibility index (Phi) is 6.97. The maximum Gasteiger partial charge on any atom is 0.352 e. The summed E-state index contributed by atoms with van der Waals surface area (Å²) in [6.07, 6.45) is 0.653. The monoisotopic (exact) mass is 708 g/mol. The molecule has 1 aromatic heterocycles. The Hall–Kier alpha value is -4.89. The van der Waals surface area contributed by atoms with Gasteiger partial charge in [0.25, 0.3) is 11.8 Å². The molecule has 2 amide bonds. The zero-order chi connectivity index (χ0) is 34.6. The van der Waals surface area contributed by atoms with E-state index in [9.17, 15) is 37.5 Å². The number of benzene rings is 3. The van der Waals surface area contributed by atoms with Gasteiger partial charge in [-0.15, -0.1) is 23.2 Å². The Bertz CT molecular complexity index is 2230.